The van der Waals surface area contributed by atoms with E-state index < -0.39 is 0 Å². The van der Waals surface area contributed by atoms with Crippen molar-refractivity contribution in [2.75, 3.05) is 0 Å². The first-order valence-corrected chi connectivity index (χ1v) is 7.19. The Morgan fingerprint density at radius 1 is 1.06 bits per heavy atom. The number of aromatic nitrogens is 2. The van der Waals surface area contributed by atoms with Gasteiger partial charge in [0.25, 0.3) is 0 Å². The number of rotatable bonds is 3. The first-order valence-electron chi connectivity index (χ1n) is 7.19. The van der Waals surface area contributed by atoms with E-state index in [4.69, 9.17) is 4.98 Å². The Balaban J connectivity index is 1.80. The predicted octanol–water partition coefficient (Wildman–Crippen LogP) is 4.08. The molecule has 18 heavy (non-hydrogen) atoms. The minimum absolute atomic E-state index is 0.720. The second-order valence-electron chi connectivity index (χ2n) is 6.28. The van der Waals surface area contributed by atoms with Gasteiger partial charge in [-0.2, -0.15) is 0 Å². The molecule has 2 nitrogen and oxygen atoms in total. The maximum Gasteiger partial charge on any atom is 0.110 e. The topological polar surface area (TPSA) is 28.7 Å². The summed E-state index contributed by atoms with van der Waals surface area (Å²) in [6, 6.07) is 4.47. The van der Waals surface area contributed by atoms with Crippen LogP contribution in [0.5, 0.6) is 0 Å². The van der Waals surface area contributed by atoms with Crippen molar-refractivity contribution in [3.05, 3.63) is 29.1 Å². The van der Waals surface area contributed by atoms with E-state index in [-0.39, 0.29) is 0 Å². The van der Waals surface area contributed by atoms with Crippen molar-refractivity contribution in [2.24, 2.45) is 11.8 Å². The first kappa shape index (κ1) is 10.6. The molecule has 4 rings (SSSR count). The summed E-state index contributed by atoms with van der Waals surface area (Å²) in [4.78, 5) is 8.48. The molecular formula is C16H20N2. The van der Waals surface area contributed by atoms with Gasteiger partial charge in [0.15, 0.2) is 0 Å². The molecule has 1 heterocycles. The molecule has 0 unspecified atom stereocenters. The largest absolute Gasteiger partial charge is 0.342 e. The molecule has 2 heteroatoms. The lowest BCUT2D eigenvalue weighted by molar-refractivity contribution is 0.514. The molecule has 0 spiro atoms. The van der Waals surface area contributed by atoms with Crippen LogP contribution in [-0.2, 0) is 0 Å². The molecule has 0 bridgehead atoms. The number of benzene rings is 1. The Hall–Kier alpha value is -1.31. The number of H-pyrrole nitrogens is 1. The predicted molar refractivity (Wildman–Crippen MR) is 73.8 cm³/mol. The van der Waals surface area contributed by atoms with Gasteiger partial charge in [-0.05, 0) is 74.6 Å². The Morgan fingerprint density at radius 2 is 1.67 bits per heavy atom. The zero-order chi connectivity index (χ0) is 12.3. The van der Waals surface area contributed by atoms with Crippen LogP contribution in [0.15, 0.2) is 12.1 Å². The summed E-state index contributed by atoms with van der Waals surface area (Å²) < 4.78 is 0. The van der Waals surface area contributed by atoms with E-state index in [9.17, 15) is 0 Å². The summed E-state index contributed by atoms with van der Waals surface area (Å²) in [6.07, 6.45) is 5.65. The molecule has 1 N–H and O–H groups in total. The van der Waals surface area contributed by atoms with Crippen LogP contribution in [0.3, 0.4) is 0 Å². The molecule has 0 aliphatic heterocycles. The molecule has 1 aromatic heterocycles. The van der Waals surface area contributed by atoms with E-state index in [1.54, 1.807) is 0 Å². The molecule has 0 atom stereocenters. The second-order valence-corrected chi connectivity index (χ2v) is 6.28. The van der Waals surface area contributed by atoms with E-state index in [1.165, 1.54) is 48.2 Å². The van der Waals surface area contributed by atoms with E-state index in [1.807, 2.05) is 0 Å². The molecule has 2 aliphatic carbocycles. The fourth-order valence-corrected chi connectivity index (χ4v) is 3.19. The zero-order valence-electron chi connectivity index (χ0n) is 11.2. The van der Waals surface area contributed by atoms with Gasteiger partial charge in [0, 0.05) is 5.92 Å². The number of imidazole rings is 1. The van der Waals surface area contributed by atoms with Crippen molar-refractivity contribution in [1.82, 2.24) is 9.97 Å². The third-order valence-electron chi connectivity index (χ3n) is 4.69. The van der Waals surface area contributed by atoms with Gasteiger partial charge in [0.2, 0.25) is 0 Å². The highest BCUT2D eigenvalue weighted by Gasteiger charge is 2.43. The highest BCUT2D eigenvalue weighted by molar-refractivity contribution is 5.77. The quantitative estimate of drug-likeness (QED) is 0.860. The lowest BCUT2D eigenvalue weighted by Gasteiger charge is -2.11. The van der Waals surface area contributed by atoms with Gasteiger partial charge < -0.3 is 4.98 Å². The first-order chi connectivity index (χ1) is 8.72. The number of nitrogens with zero attached hydrogens (tertiary/aromatic N) is 1. The Labute approximate surface area is 108 Å². The molecular weight excluding hydrogens is 220 g/mol. The molecule has 2 fully saturated rings. The summed E-state index contributed by atoms with van der Waals surface area (Å²) in [5, 5.41) is 0. The standard InChI is InChI=1S/C16H20N2/c1-9-7-13-14(8-10(9)2)18-16(17-13)15(11-3-4-11)12-5-6-12/h7-8,11-12,15H,3-6H2,1-2H3,(H,17,18). The average Bonchev–Trinajstić information content (AvgIpc) is 3.21. The van der Waals surface area contributed by atoms with E-state index in [0.29, 0.717) is 0 Å². The van der Waals surface area contributed by atoms with E-state index >= 15 is 0 Å². The van der Waals surface area contributed by atoms with Crippen molar-refractivity contribution < 1.29 is 0 Å². The van der Waals surface area contributed by atoms with Crippen LogP contribution in [0, 0.1) is 25.7 Å². The summed E-state index contributed by atoms with van der Waals surface area (Å²) in [5.74, 6) is 3.82. The van der Waals surface area contributed by atoms with E-state index in [0.717, 1.165) is 23.3 Å². The van der Waals surface area contributed by atoms with Crippen molar-refractivity contribution in [2.45, 2.75) is 45.4 Å². The maximum absolute atomic E-state index is 4.88. The van der Waals surface area contributed by atoms with Crippen LogP contribution in [0.4, 0.5) is 0 Å². The Kier molecular flexibility index (Phi) is 2.12. The van der Waals surface area contributed by atoms with Gasteiger partial charge in [0.05, 0.1) is 11.0 Å². The summed E-state index contributed by atoms with van der Waals surface area (Å²) >= 11 is 0. The van der Waals surface area contributed by atoms with Gasteiger partial charge in [-0.25, -0.2) is 4.98 Å². The van der Waals surface area contributed by atoms with Crippen molar-refractivity contribution in [3.8, 4) is 0 Å². The van der Waals surface area contributed by atoms with Crippen LogP contribution < -0.4 is 0 Å². The van der Waals surface area contributed by atoms with Crippen LogP contribution in [0.1, 0.15) is 48.6 Å². The Morgan fingerprint density at radius 3 is 2.28 bits per heavy atom. The summed E-state index contributed by atoms with van der Waals surface area (Å²) in [6.45, 7) is 4.34. The van der Waals surface area contributed by atoms with Crippen LogP contribution in [0.25, 0.3) is 11.0 Å². The van der Waals surface area contributed by atoms with Crippen molar-refractivity contribution in [3.63, 3.8) is 0 Å². The fourth-order valence-electron chi connectivity index (χ4n) is 3.19. The number of fused-ring (bicyclic) bond motifs is 1. The maximum atomic E-state index is 4.88. The van der Waals surface area contributed by atoms with E-state index in [2.05, 4.69) is 31.0 Å². The monoisotopic (exact) mass is 240 g/mol. The van der Waals surface area contributed by atoms with Gasteiger partial charge in [-0.15, -0.1) is 0 Å². The summed E-state index contributed by atoms with van der Waals surface area (Å²) in [5.41, 5.74) is 5.07. The van der Waals surface area contributed by atoms with Crippen LogP contribution in [-0.4, -0.2) is 9.97 Å². The fraction of sp³-hybridized carbons (Fsp3) is 0.562. The molecule has 0 saturated heterocycles. The van der Waals surface area contributed by atoms with Gasteiger partial charge >= 0.3 is 0 Å². The lowest BCUT2D eigenvalue weighted by Crippen LogP contribution is -2.05. The molecule has 2 saturated carbocycles. The molecule has 0 radical (unpaired) electrons. The minimum atomic E-state index is 0.720. The highest BCUT2D eigenvalue weighted by Crippen LogP contribution is 2.53. The van der Waals surface area contributed by atoms with Gasteiger partial charge in [-0.1, -0.05) is 0 Å². The highest BCUT2D eigenvalue weighted by atomic mass is 14.9. The third-order valence-corrected chi connectivity index (χ3v) is 4.69. The van der Waals surface area contributed by atoms with Crippen LogP contribution >= 0.6 is 0 Å². The Bertz CT molecular complexity index is 552. The number of hydrogen-bond donors (Lipinski definition) is 1. The molecule has 0 amide bonds. The van der Waals surface area contributed by atoms with Crippen molar-refractivity contribution in [1.29, 1.82) is 0 Å². The van der Waals surface area contributed by atoms with Gasteiger partial charge in [-0.3, -0.25) is 0 Å². The molecule has 94 valence electrons. The second kappa shape index (κ2) is 3.59. The normalized spacial score (nSPS) is 19.9. The molecule has 2 aromatic rings. The zero-order valence-corrected chi connectivity index (χ0v) is 11.2. The smallest absolute Gasteiger partial charge is 0.110 e. The number of aryl methyl sites for hydroxylation is 2. The van der Waals surface area contributed by atoms with Crippen molar-refractivity contribution >= 4 is 11.0 Å². The summed E-state index contributed by atoms with van der Waals surface area (Å²) in [7, 11) is 0. The molecule has 1 aromatic carbocycles. The van der Waals surface area contributed by atoms with Gasteiger partial charge in [0.1, 0.15) is 5.82 Å². The third kappa shape index (κ3) is 1.66. The van der Waals surface area contributed by atoms with Crippen LogP contribution in [0.2, 0.25) is 0 Å². The minimum Gasteiger partial charge on any atom is -0.342 e. The average molecular weight is 240 g/mol. The lowest BCUT2D eigenvalue weighted by atomic mass is 9.97. The number of hydrogen-bond acceptors (Lipinski definition) is 1. The SMILES string of the molecule is Cc1cc2nc(C(C3CC3)C3CC3)[nH]c2cc1C. The number of aromatic amines is 1. The molecule has 2 aliphatic rings. The number of nitrogens with one attached hydrogen (secondary N) is 1.